The van der Waals surface area contributed by atoms with Crippen LogP contribution >= 0.6 is 0 Å². The number of nitrogens with one attached hydrogen (secondary N) is 2. The van der Waals surface area contributed by atoms with Crippen molar-refractivity contribution in [3.05, 3.63) is 60.7 Å². The van der Waals surface area contributed by atoms with Gasteiger partial charge in [-0.25, -0.2) is 0 Å². The lowest BCUT2D eigenvalue weighted by Gasteiger charge is -2.21. The van der Waals surface area contributed by atoms with Crippen molar-refractivity contribution in [2.24, 2.45) is 11.8 Å². The summed E-state index contributed by atoms with van der Waals surface area (Å²) in [6.07, 6.45) is 2.32. The van der Waals surface area contributed by atoms with E-state index >= 15 is 0 Å². The zero-order chi connectivity index (χ0) is 22.1. The fraction of sp³-hybridized carbons (Fsp3) is 0.440. The fourth-order valence-electron chi connectivity index (χ4n) is 4.19. The van der Waals surface area contributed by atoms with Gasteiger partial charge in [-0.3, -0.25) is 9.59 Å². The van der Waals surface area contributed by atoms with Crippen LogP contribution < -0.4 is 20.3 Å². The highest BCUT2D eigenvalue weighted by Crippen LogP contribution is 2.32. The quantitative estimate of drug-likeness (QED) is 0.576. The van der Waals surface area contributed by atoms with E-state index in [1.54, 1.807) is 0 Å². The van der Waals surface area contributed by atoms with Crippen LogP contribution in [-0.4, -0.2) is 44.6 Å². The molecule has 0 aromatic heterocycles. The Hall–Kier alpha value is -3.02. The molecular weight excluding hydrogens is 390 g/mol. The Labute approximate surface area is 185 Å². The molecule has 2 N–H and O–H groups in total. The van der Waals surface area contributed by atoms with Crippen LogP contribution in [0.2, 0.25) is 0 Å². The highest BCUT2D eigenvalue weighted by molar-refractivity contribution is 5.81. The number of amides is 2. The second-order valence-corrected chi connectivity index (χ2v) is 8.28. The predicted molar refractivity (Wildman–Crippen MR) is 123 cm³/mol. The molecule has 1 aliphatic carbocycles. The van der Waals surface area contributed by atoms with Crippen molar-refractivity contribution in [3.8, 4) is 5.75 Å². The van der Waals surface area contributed by atoms with Gasteiger partial charge in [-0.1, -0.05) is 36.4 Å². The third-order valence-electron chi connectivity index (χ3n) is 5.78. The lowest BCUT2D eigenvalue weighted by atomic mass is 10.0. The van der Waals surface area contributed by atoms with Crippen LogP contribution in [-0.2, 0) is 9.59 Å². The van der Waals surface area contributed by atoms with Crippen molar-refractivity contribution in [1.82, 2.24) is 10.6 Å². The Kier molecular flexibility index (Phi) is 8.33. The number of ether oxygens (including phenoxy) is 1. The van der Waals surface area contributed by atoms with Crippen LogP contribution in [0.25, 0.3) is 0 Å². The molecule has 31 heavy (non-hydrogen) atoms. The van der Waals surface area contributed by atoms with Crippen LogP contribution in [0.5, 0.6) is 5.75 Å². The number of carbonyl (C=O) groups excluding carboxylic acids is 2. The van der Waals surface area contributed by atoms with Crippen LogP contribution in [0.4, 0.5) is 5.69 Å². The summed E-state index contributed by atoms with van der Waals surface area (Å²) >= 11 is 0. The van der Waals surface area contributed by atoms with E-state index in [-0.39, 0.29) is 29.7 Å². The number of hydrogen-bond donors (Lipinski definition) is 2. The molecule has 3 rings (SSSR count). The SMILES string of the molecule is CC(=O)N[C@@H]1C[C@H](COc2ccccc2)C[C@H]1C(=O)NCCCN(C)c1ccccc1. The zero-order valence-corrected chi connectivity index (χ0v) is 18.4. The van der Waals surface area contributed by atoms with Crippen LogP contribution in [0, 0.1) is 11.8 Å². The standard InChI is InChI=1S/C25H33N3O3/c1-19(29)27-24-17-20(18-31-22-12-7-4-8-13-22)16-23(24)25(30)26-14-9-15-28(2)21-10-5-3-6-11-21/h3-8,10-13,20,23-24H,9,14-18H2,1-2H3,(H,26,30)(H,27,29)/t20-,23-,24-/m1/s1. The van der Waals surface area contributed by atoms with E-state index in [0.717, 1.165) is 30.8 Å². The van der Waals surface area contributed by atoms with Crippen molar-refractivity contribution in [1.29, 1.82) is 0 Å². The normalized spacial score (nSPS) is 20.1. The van der Waals surface area contributed by atoms with Gasteiger partial charge in [0, 0.05) is 38.8 Å². The molecule has 6 nitrogen and oxygen atoms in total. The largest absolute Gasteiger partial charge is 0.493 e. The van der Waals surface area contributed by atoms with Crippen LogP contribution in [0.1, 0.15) is 26.2 Å². The Morgan fingerprint density at radius 1 is 1.03 bits per heavy atom. The average Bonchev–Trinajstić information content (AvgIpc) is 3.18. The van der Waals surface area contributed by atoms with Gasteiger partial charge in [0.15, 0.2) is 0 Å². The van der Waals surface area contributed by atoms with Gasteiger partial charge < -0.3 is 20.3 Å². The summed E-state index contributed by atoms with van der Waals surface area (Å²) in [5.41, 5.74) is 1.16. The molecule has 1 fully saturated rings. The first kappa shape index (κ1) is 22.7. The number of benzene rings is 2. The minimum Gasteiger partial charge on any atom is -0.493 e. The molecular formula is C25H33N3O3. The molecule has 2 aromatic rings. The summed E-state index contributed by atoms with van der Waals surface area (Å²) in [5.74, 6) is 0.756. The maximum Gasteiger partial charge on any atom is 0.225 e. The molecule has 0 radical (unpaired) electrons. The van der Waals surface area contributed by atoms with E-state index in [4.69, 9.17) is 4.74 Å². The third kappa shape index (κ3) is 7.02. The predicted octanol–water partition coefficient (Wildman–Crippen LogP) is 3.24. The number of para-hydroxylation sites is 2. The molecule has 0 bridgehead atoms. The van der Waals surface area contributed by atoms with Crippen molar-refractivity contribution in [3.63, 3.8) is 0 Å². The summed E-state index contributed by atoms with van der Waals surface area (Å²) in [5, 5.41) is 6.04. The smallest absolute Gasteiger partial charge is 0.225 e. The number of hydrogen-bond acceptors (Lipinski definition) is 4. The van der Waals surface area contributed by atoms with Crippen LogP contribution in [0.15, 0.2) is 60.7 Å². The maximum absolute atomic E-state index is 12.9. The number of nitrogens with zero attached hydrogens (tertiary/aromatic N) is 1. The van der Waals surface area contributed by atoms with Gasteiger partial charge in [0.05, 0.1) is 12.5 Å². The topological polar surface area (TPSA) is 70.7 Å². The minimum absolute atomic E-state index is 0.0170. The second-order valence-electron chi connectivity index (χ2n) is 8.28. The van der Waals surface area contributed by atoms with E-state index in [1.807, 2.05) is 48.5 Å². The third-order valence-corrected chi connectivity index (χ3v) is 5.78. The van der Waals surface area contributed by atoms with E-state index in [0.29, 0.717) is 19.6 Å². The van der Waals surface area contributed by atoms with Crippen molar-refractivity contribution in [2.45, 2.75) is 32.2 Å². The maximum atomic E-state index is 12.9. The van der Waals surface area contributed by atoms with Crippen molar-refractivity contribution < 1.29 is 14.3 Å². The molecule has 0 spiro atoms. The zero-order valence-electron chi connectivity index (χ0n) is 18.4. The molecule has 0 saturated heterocycles. The van der Waals surface area contributed by atoms with Crippen LogP contribution in [0.3, 0.4) is 0 Å². The average molecular weight is 424 g/mol. The number of carbonyl (C=O) groups is 2. The number of anilines is 1. The molecule has 1 saturated carbocycles. The highest BCUT2D eigenvalue weighted by Gasteiger charge is 2.39. The van der Waals surface area contributed by atoms with E-state index in [1.165, 1.54) is 6.92 Å². The molecule has 6 heteroatoms. The Balaban J connectivity index is 1.46. The highest BCUT2D eigenvalue weighted by atomic mass is 16.5. The lowest BCUT2D eigenvalue weighted by Crippen LogP contribution is -2.43. The Morgan fingerprint density at radius 3 is 2.39 bits per heavy atom. The summed E-state index contributed by atoms with van der Waals surface area (Å²) in [4.78, 5) is 26.7. The second kappa shape index (κ2) is 11.4. The molecule has 0 heterocycles. The van der Waals surface area contributed by atoms with E-state index in [9.17, 15) is 9.59 Å². The molecule has 0 unspecified atom stereocenters. The first-order valence-corrected chi connectivity index (χ1v) is 11.0. The van der Waals surface area contributed by atoms with Crippen molar-refractivity contribution >= 4 is 17.5 Å². The molecule has 2 aromatic carbocycles. The Bertz CT molecular complexity index is 828. The van der Waals surface area contributed by atoms with Gasteiger partial charge >= 0.3 is 0 Å². The first-order chi connectivity index (χ1) is 15.0. The van der Waals surface area contributed by atoms with Crippen molar-refractivity contribution in [2.75, 3.05) is 31.6 Å². The molecule has 2 amide bonds. The summed E-state index contributed by atoms with van der Waals surface area (Å²) in [6, 6.07) is 19.7. The van der Waals surface area contributed by atoms with E-state index in [2.05, 4.69) is 34.7 Å². The van der Waals surface area contributed by atoms with Gasteiger partial charge in [0.1, 0.15) is 5.75 Å². The first-order valence-electron chi connectivity index (χ1n) is 11.0. The van der Waals surface area contributed by atoms with E-state index < -0.39 is 0 Å². The van der Waals surface area contributed by atoms with Gasteiger partial charge in [-0.2, -0.15) is 0 Å². The van der Waals surface area contributed by atoms with Gasteiger partial charge in [0.25, 0.3) is 0 Å². The molecule has 1 aliphatic rings. The molecule has 0 aliphatic heterocycles. The summed E-state index contributed by atoms with van der Waals surface area (Å²) in [7, 11) is 2.05. The van der Waals surface area contributed by atoms with Gasteiger partial charge in [-0.15, -0.1) is 0 Å². The lowest BCUT2D eigenvalue weighted by molar-refractivity contribution is -0.126. The fourth-order valence-corrected chi connectivity index (χ4v) is 4.19. The Morgan fingerprint density at radius 2 is 1.71 bits per heavy atom. The van der Waals surface area contributed by atoms with Gasteiger partial charge in [0.2, 0.25) is 11.8 Å². The molecule has 166 valence electrons. The summed E-state index contributed by atoms with van der Waals surface area (Å²) < 4.78 is 5.89. The minimum atomic E-state index is -0.222. The van der Waals surface area contributed by atoms with Gasteiger partial charge in [-0.05, 0) is 49.4 Å². The number of rotatable bonds is 10. The monoisotopic (exact) mass is 423 g/mol. The summed E-state index contributed by atoms with van der Waals surface area (Å²) in [6.45, 7) is 3.52. The molecule has 3 atom stereocenters.